The molecule has 32 heavy (non-hydrogen) atoms. The summed E-state index contributed by atoms with van der Waals surface area (Å²) in [6, 6.07) is 20.1. The molecule has 8 heteroatoms. The van der Waals surface area contributed by atoms with Gasteiger partial charge in [-0.1, -0.05) is 46.3 Å². The third-order valence-corrected chi connectivity index (χ3v) is 5.98. The number of ether oxygens (including phenoxy) is 2. The number of nitrogens with one attached hydrogen (secondary N) is 1. The minimum atomic E-state index is -0.557. The van der Waals surface area contributed by atoms with E-state index in [4.69, 9.17) is 9.47 Å². The van der Waals surface area contributed by atoms with Gasteiger partial charge in [0.2, 0.25) is 0 Å². The number of halogens is 1. The average molecular weight is 498 g/mol. The Balaban J connectivity index is 1.50. The SMILES string of the molecule is O=C(NC1(c2cccc(Br)c2)CCOCC1)c1ccc(=O)n(CCOc2ccccc2)n1. The molecule has 1 N–H and O–H groups in total. The van der Waals surface area contributed by atoms with Crippen molar-refractivity contribution < 1.29 is 14.3 Å². The topological polar surface area (TPSA) is 82.5 Å². The van der Waals surface area contributed by atoms with Crippen molar-refractivity contribution in [1.82, 2.24) is 15.1 Å². The van der Waals surface area contributed by atoms with Crippen LogP contribution in [-0.4, -0.2) is 35.5 Å². The number of hydrogen-bond acceptors (Lipinski definition) is 5. The molecule has 0 spiro atoms. The van der Waals surface area contributed by atoms with E-state index in [1.807, 2.05) is 54.6 Å². The fourth-order valence-corrected chi connectivity index (χ4v) is 4.17. The smallest absolute Gasteiger partial charge is 0.272 e. The maximum Gasteiger partial charge on any atom is 0.272 e. The summed E-state index contributed by atoms with van der Waals surface area (Å²) in [6.45, 7) is 1.61. The second kappa shape index (κ2) is 10.1. The van der Waals surface area contributed by atoms with Gasteiger partial charge < -0.3 is 14.8 Å². The van der Waals surface area contributed by atoms with Gasteiger partial charge in [0, 0.05) is 23.8 Å². The van der Waals surface area contributed by atoms with E-state index < -0.39 is 5.54 Å². The minimum Gasteiger partial charge on any atom is -0.492 e. The van der Waals surface area contributed by atoms with Gasteiger partial charge in [0.15, 0.2) is 0 Å². The van der Waals surface area contributed by atoms with Gasteiger partial charge in [0.05, 0.1) is 12.1 Å². The molecule has 1 amide bonds. The molecule has 0 bridgehead atoms. The Kier molecular flexibility index (Phi) is 7.02. The lowest BCUT2D eigenvalue weighted by Gasteiger charge is -2.38. The van der Waals surface area contributed by atoms with E-state index in [1.165, 1.54) is 16.8 Å². The van der Waals surface area contributed by atoms with Crippen LogP contribution in [0.2, 0.25) is 0 Å². The highest BCUT2D eigenvalue weighted by Crippen LogP contribution is 2.33. The fourth-order valence-electron chi connectivity index (χ4n) is 3.77. The van der Waals surface area contributed by atoms with Crippen molar-refractivity contribution in [1.29, 1.82) is 0 Å². The van der Waals surface area contributed by atoms with Crippen LogP contribution in [0.1, 0.15) is 28.9 Å². The molecule has 0 radical (unpaired) electrons. The van der Waals surface area contributed by atoms with Crippen LogP contribution in [0.3, 0.4) is 0 Å². The predicted molar refractivity (Wildman–Crippen MR) is 124 cm³/mol. The lowest BCUT2D eigenvalue weighted by Crippen LogP contribution is -2.50. The van der Waals surface area contributed by atoms with Crippen LogP contribution < -0.4 is 15.6 Å². The first-order valence-corrected chi connectivity index (χ1v) is 11.3. The van der Waals surface area contributed by atoms with Crippen LogP contribution in [0.4, 0.5) is 0 Å². The molecule has 1 aromatic heterocycles. The average Bonchev–Trinajstić information content (AvgIpc) is 2.81. The molecule has 0 saturated carbocycles. The number of nitrogens with zero attached hydrogens (tertiary/aromatic N) is 2. The molecule has 2 aromatic carbocycles. The van der Waals surface area contributed by atoms with Crippen LogP contribution in [0.15, 0.2) is 76.0 Å². The van der Waals surface area contributed by atoms with Gasteiger partial charge in [-0.05, 0) is 48.7 Å². The zero-order valence-electron chi connectivity index (χ0n) is 17.5. The van der Waals surface area contributed by atoms with E-state index in [1.54, 1.807) is 0 Å². The Morgan fingerprint density at radius 2 is 1.88 bits per heavy atom. The Bertz CT molecular complexity index is 1130. The summed E-state index contributed by atoms with van der Waals surface area (Å²) >= 11 is 3.52. The highest BCUT2D eigenvalue weighted by molar-refractivity contribution is 9.10. The number of amides is 1. The zero-order valence-corrected chi connectivity index (χ0v) is 19.1. The standard InChI is InChI=1S/C24H24BrN3O4/c25-19-6-4-5-18(17-19)24(11-14-31-15-12-24)26-23(30)21-9-10-22(29)28(27-21)13-16-32-20-7-2-1-3-8-20/h1-10,17H,11-16H2,(H,26,30). The quantitative estimate of drug-likeness (QED) is 0.539. The van der Waals surface area contributed by atoms with Gasteiger partial charge >= 0.3 is 0 Å². The molecule has 2 heterocycles. The van der Waals surface area contributed by atoms with Crippen molar-refractivity contribution in [2.24, 2.45) is 0 Å². The Morgan fingerprint density at radius 3 is 2.62 bits per heavy atom. The van der Waals surface area contributed by atoms with Crippen LogP contribution >= 0.6 is 15.9 Å². The fraction of sp³-hybridized carbons (Fsp3) is 0.292. The maximum absolute atomic E-state index is 13.2. The predicted octanol–water partition coefficient (Wildman–Crippen LogP) is 3.52. The number of carbonyl (C=O) groups is 1. The second-order valence-electron chi connectivity index (χ2n) is 7.60. The molecule has 1 aliphatic heterocycles. The van der Waals surface area contributed by atoms with Gasteiger partial charge in [-0.15, -0.1) is 0 Å². The summed E-state index contributed by atoms with van der Waals surface area (Å²) in [6.07, 6.45) is 1.31. The summed E-state index contributed by atoms with van der Waals surface area (Å²) in [7, 11) is 0. The van der Waals surface area contributed by atoms with Gasteiger partial charge in [0.25, 0.3) is 11.5 Å². The van der Waals surface area contributed by atoms with Gasteiger partial charge in [-0.3, -0.25) is 9.59 Å². The Morgan fingerprint density at radius 1 is 1.09 bits per heavy atom. The highest BCUT2D eigenvalue weighted by atomic mass is 79.9. The van der Waals surface area contributed by atoms with Crippen LogP contribution in [0, 0.1) is 0 Å². The molecule has 0 aliphatic carbocycles. The summed E-state index contributed by atoms with van der Waals surface area (Å²) in [5, 5.41) is 7.45. The first-order valence-electron chi connectivity index (χ1n) is 10.5. The summed E-state index contributed by atoms with van der Waals surface area (Å²) in [5.41, 5.74) is 0.349. The van der Waals surface area contributed by atoms with Crippen molar-refractivity contribution in [3.05, 3.63) is 92.8 Å². The summed E-state index contributed by atoms with van der Waals surface area (Å²) in [4.78, 5) is 25.4. The van der Waals surface area contributed by atoms with Crippen LogP contribution in [0.5, 0.6) is 5.75 Å². The Labute approximate surface area is 194 Å². The van der Waals surface area contributed by atoms with E-state index in [2.05, 4.69) is 26.3 Å². The van der Waals surface area contributed by atoms with Crippen molar-refractivity contribution in [3.63, 3.8) is 0 Å². The van der Waals surface area contributed by atoms with Gasteiger partial charge in [0.1, 0.15) is 18.1 Å². The van der Waals surface area contributed by atoms with Gasteiger partial charge in [-0.25, -0.2) is 4.68 Å². The molecule has 4 rings (SSSR count). The van der Waals surface area contributed by atoms with E-state index in [9.17, 15) is 9.59 Å². The van der Waals surface area contributed by atoms with Crippen LogP contribution in [0.25, 0.3) is 0 Å². The normalized spacial score (nSPS) is 15.2. The van der Waals surface area contributed by atoms with Crippen molar-refractivity contribution in [3.8, 4) is 5.75 Å². The molecule has 166 valence electrons. The number of aromatic nitrogens is 2. The number of carbonyl (C=O) groups excluding carboxylic acids is 1. The van der Waals surface area contributed by atoms with Crippen molar-refractivity contribution >= 4 is 21.8 Å². The molecule has 0 unspecified atom stereocenters. The first-order chi connectivity index (χ1) is 15.6. The van der Waals surface area contributed by atoms with Crippen LogP contribution in [-0.2, 0) is 16.8 Å². The van der Waals surface area contributed by atoms with E-state index in [0.717, 1.165) is 10.0 Å². The molecule has 0 atom stereocenters. The zero-order chi connectivity index (χ0) is 22.4. The number of hydrogen-bond donors (Lipinski definition) is 1. The first kappa shape index (κ1) is 22.2. The van der Waals surface area contributed by atoms with E-state index in [-0.39, 0.29) is 30.3 Å². The number of para-hydroxylation sites is 1. The Hall–Kier alpha value is -2.97. The number of benzene rings is 2. The summed E-state index contributed by atoms with van der Waals surface area (Å²) < 4.78 is 13.4. The molecule has 1 aliphatic rings. The van der Waals surface area contributed by atoms with E-state index >= 15 is 0 Å². The van der Waals surface area contributed by atoms with E-state index in [0.29, 0.717) is 31.8 Å². The second-order valence-corrected chi connectivity index (χ2v) is 8.52. The maximum atomic E-state index is 13.2. The highest BCUT2D eigenvalue weighted by Gasteiger charge is 2.36. The molecule has 7 nitrogen and oxygen atoms in total. The third kappa shape index (κ3) is 5.26. The number of rotatable bonds is 7. The monoisotopic (exact) mass is 497 g/mol. The third-order valence-electron chi connectivity index (χ3n) is 5.49. The molecule has 1 fully saturated rings. The molecule has 3 aromatic rings. The lowest BCUT2D eigenvalue weighted by atomic mass is 9.82. The lowest BCUT2D eigenvalue weighted by molar-refractivity contribution is 0.0343. The largest absolute Gasteiger partial charge is 0.492 e. The molecule has 1 saturated heterocycles. The minimum absolute atomic E-state index is 0.185. The van der Waals surface area contributed by atoms with Crippen molar-refractivity contribution in [2.45, 2.75) is 24.9 Å². The summed E-state index contributed by atoms with van der Waals surface area (Å²) in [5.74, 6) is 0.384. The van der Waals surface area contributed by atoms with Gasteiger partial charge in [-0.2, -0.15) is 5.10 Å². The molecular weight excluding hydrogens is 474 g/mol. The van der Waals surface area contributed by atoms with Crippen molar-refractivity contribution in [2.75, 3.05) is 19.8 Å². The molecular formula is C24H24BrN3O4.